The molecule has 4 fully saturated rings. The summed E-state index contributed by atoms with van der Waals surface area (Å²) in [6, 6.07) is 9.09. The van der Waals surface area contributed by atoms with Crippen LogP contribution in [0.3, 0.4) is 0 Å². The van der Waals surface area contributed by atoms with Gasteiger partial charge in [-0.05, 0) is 31.9 Å². The molecule has 3 heteroatoms. The van der Waals surface area contributed by atoms with Gasteiger partial charge in [-0.2, -0.15) is 0 Å². The van der Waals surface area contributed by atoms with Gasteiger partial charge in [-0.1, -0.05) is 31.5 Å². The maximum atomic E-state index is 11.1. The monoisotopic (exact) mass is 302 g/mol. The first-order valence-electron chi connectivity index (χ1n) is 8.97. The summed E-state index contributed by atoms with van der Waals surface area (Å²) in [5.74, 6) is 0. The predicted octanol–water partition coefficient (Wildman–Crippen LogP) is -0.0421. The van der Waals surface area contributed by atoms with Gasteiger partial charge in [-0.3, -0.25) is 9.80 Å². The maximum absolute atomic E-state index is 11.1. The molecule has 4 aliphatic rings. The molecule has 0 spiro atoms. The van der Waals surface area contributed by atoms with Crippen molar-refractivity contribution >= 4 is 0 Å². The number of nitrogens with one attached hydrogen (secondary N) is 2. The van der Waals surface area contributed by atoms with Gasteiger partial charge in [0.2, 0.25) is 6.17 Å². The Morgan fingerprint density at radius 1 is 1.05 bits per heavy atom. The van der Waals surface area contributed by atoms with Crippen molar-refractivity contribution in [2.45, 2.75) is 45.9 Å². The average molecular weight is 302 g/mol. The van der Waals surface area contributed by atoms with E-state index in [1.807, 2.05) is 0 Å². The molecule has 4 heterocycles. The molecule has 0 amide bonds. The van der Waals surface area contributed by atoms with E-state index in [9.17, 15) is 5.11 Å². The molecule has 120 valence electrons. The minimum atomic E-state index is -0.0963. The minimum Gasteiger partial charge on any atom is -0.391 e. The van der Waals surface area contributed by atoms with E-state index >= 15 is 0 Å². The number of piperidine rings is 2. The summed E-state index contributed by atoms with van der Waals surface area (Å²) in [6.45, 7) is 11.3. The summed E-state index contributed by atoms with van der Waals surface area (Å²) < 4.78 is 0. The lowest BCUT2D eigenvalue weighted by Gasteiger charge is -2.64. The molecule has 4 aliphatic heterocycles. The van der Waals surface area contributed by atoms with Crippen LogP contribution in [-0.4, -0.2) is 37.4 Å². The summed E-state index contributed by atoms with van der Waals surface area (Å²) in [5, 5.41) is 11.1. The summed E-state index contributed by atoms with van der Waals surface area (Å²) in [6.07, 6.45) is 2.71. The van der Waals surface area contributed by atoms with Gasteiger partial charge in [0.15, 0.2) is 0 Å². The van der Waals surface area contributed by atoms with Gasteiger partial charge in [0.1, 0.15) is 0 Å². The Labute approximate surface area is 133 Å². The quantitative estimate of drug-likeness (QED) is 0.718. The Morgan fingerprint density at radius 3 is 2.05 bits per heavy atom. The first-order chi connectivity index (χ1) is 10.5. The van der Waals surface area contributed by atoms with Crippen molar-refractivity contribution in [3.05, 3.63) is 35.4 Å². The van der Waals surface area contributed by atoms with Crippen LogP contribution in [0.15, 0.2) is 24.3 Å². The van der Waals surface area contributed by atoms with Crippen LogP contribution in [0.1, 0.15) is 44.0 Å². The molecule has 0 atom stereocenters. The number of aliphatic hydroxyl groups excluding tert-OH is 1. The fourth-order valence-electron chi connectivity index (χ4n) is 6.00. The van der Waals surface area contributed by atoms with Gasteiger partial charge in [0.05, 0.1) is 48.7 Å². The molecule has 0 unspecified atom stereocenters. The number of aryl methyl sites for hydroxylation is 1. The molecule has 3 nitrogen and oxygen atoms in total. The minimum absolute atomic E-state index is 0.0963. The third kappa shape index (κ3) is 1.79. The average Bonchev–Trinajstić information content (AvgIpc) is 2.51. The third-order valence-electron chi connectivity index (χ3n) is 7.08. The second-order valence-electron chi connectivity index (χ2n) is 8.21. The van der Waals surface area contributed by atoms with Gasteiger partial charge < -0.3 is 5.11 Å². The molecule has 22 heavy (non-hydrogen) atoms. The summed E-state index contributed by atoms with van der Waals surface area (Å²) in [5.41, 5.74) is 3.16. The largest absolute Gasteiger partial charge is 0.391 e. The topological polar surface area (TPSA) is 29.1 Å². The Kier molecular flexibility index (Phi) is 3.20. The van der Waals surface area contributed by atoms with Gasteiger partial charge in [0.25, 0.3) is 0 Å². The zero-order valence-corrected chi connectivity index (χ0v) is 14.2. The highest BCUT2D eigenvalue weighted by Gasteiger charge is 2.69. The number of benzene rings is 1. The van der Waals surface area contributed by atoms with Crippen LogP contribution in [0.5, 0.6) is 0 Å². The zero-order valence-electron chi connectivity index (χ0n) is 14.2. The zero-order chi connectivity index (χ0) is 15.5. The number of quaternary nitrogens is 2. The Balaban J connectivity index is 1.74. The van der Waals surface area contributed by atoms with Gasteiger partial charge in [0, 0.05) is 0 Å². The molecule has 3 N–H and O–H groups in total. The predicted molar refractivity (Wildman–Crippen MR) is 86.8 cm³/mol. The summed E-state index contributed by atoms with van der Waals surface area (Å²) in [7, 11) is 0. The van der Waals surface area contributed by atoms with Crippen LogP contribution in [0, 0.1) is 17.8 Å². The van der Waals surface area contributed by atoms with Crippen LogP contribution >= 0.6 is 0 Å². The number of hydrogen-bond acceptors (Lipinski definition) is 1. The molecular formula is C19H30N2O+2. The molecule has 4 saturated heterocycles. The van der Waals surface area contributed by atoms with E-state index in [1.54, 1.807) is 9.80 Å². The first-order valence-corrected chi connectivity index (χ1v) is 8.97. The van der Waals surface area contributed by atoms with Gasteiger partial charge in [-0.15, -0.1) is 0 Å². The number of aliphatic hydroxyl groups is 1. The van der Waals surface area contributed by atoms with Crippen molar-refractivity contribution in [2.24, 2.45) is 10.8 Å². The van der Waals surface area contributed by atoms with E-state index in [1.165, 1.54) is 11.1 Å². The van der Waals surface area contributed by atoms with E-state index < -0.39 is 0 Å². The summed E-state index contributed by atoms with van der Waals surface area (Å²) in [4.78, 5) is 3.43. The highest BCUT2D eigenvalue weighted by atomic mass is 16.3. The van der Waals surface area contributed by atoms with Crippen molar-refractivity contribution < 1.29 is 14.9 Å². The standard InChI is InChI=1S/C19H28N2O/c1-4-18-10-20-12-19(5-2,17(18)22)13-21(11-18)16(20)15-8-6-7-14(3)9-15/h6-9,16-17,22H,4-5,10-13H2,1-3H3/p+2. The molecular weight excluding hydrogens is 272 g/mol. The van der Waals surface area contributed by atoms with Crippen molar-refractivity contribution in [1.29, 1.82) is 0 Å². The van der Waals surface area contributed by atoms with Crippen LogP contribution in [0.4, 0.5) is 0 Å². The molecule has 1 aromatic rings. The third-order valence-corrected chi connectivity index (χ3v) is 7.08. The van der Waals surface area contributed by atoms with Gasteiger partial charge >= 0.3 is 0 Å². The second kappa shape index (κ2) is 4.80. The highest BCUT2D eigenvalue weighted by molar-refractivity contribution is 5.23. The Hall–Kier alpha value is -0.900. The second-order valence-corrected chi connectivity index (χ2v) is 8.21. The first kappa shape index (κ1) is 14.7. The molecule has 4 bridgehead atoms. The fourth-order valence-corrected chi connectivity index (χ4v) is 6.00. The highest BCUT2D eigenvalue weighted by Crippen LogP contribution is 2.44. The molecule has 0 aromatic heterocycles. The number of rotatable bonds is 3. The lowest BCUT2D eigenvalue weighted by Crippen LogP contribution is -3.41. The number of hydrogen-bond donors (Lipinski definition) is 3. The fraction of sp³-hybridized carbons (Fsp3) is 0.684. The maximum Gasteiger partial charge on any atom is 0.240 e. The SMILES string of the molecule is CCC12C[NH+]3CC(CC)(C[NH+](C1)C3c1cccc(C)c1)C2O. The normalized spacial score (nSPS) is 46.2. The summed E-state index contributed by atoms with van der Waals surface area (Å²) >= 11 is 0. The van der Waals surface area contributed by atoms with Crippen LogP contribution in [0.25, 0.3) is 0 Å². The lowest BCUT2D eigenvalue weighted by molar-refractivity contribution is -1.19. The van der Waals surface area contributed by atoms with Crippen molar-refractivity contribution in [1.82, 2.24) is 0 Å². The van der Waals surface area contributed by atoms with Crippen LogP contribution < -0.4 is 9.80 Å². The Morgan fingerprint density at radius 2 is 1.59 bits per heavy atom. The van der Waals surface area contributed by atoms with Crippen molar-refractivity contribution in [2.75, 3.05) is 26.2 Å². The molecule has 1 aromatic carbocycles. The van der Waals surface area contributed by atoms with E-state index in [0.717, 1.165) is 39.0 Å². The van der Waals surface area contributed by atoms with Crippen molar-refractivity contribution in [3.8, 4) is 0 Å². The van der Waals surface area contributed by atoms with Crippen LogP contribution in [0.2, 0.25) is 0 Å². The lowest BCUT2D eigenvalue weighted by atomic mass is 9.57. The van der Waals surface area contributed by atoms with E-state index in [2.05, 4.69) is 45.0 Å². The van der Waals surface area contributed by atoms with Crippen molar-refractivity contribution in [3.63, 3.8) is 0 Å². The van der Waals surface area contributed by atoms with E-state index in [4.69, 9.17) is 0 Å². The van der Waals surface area contributed by atoms with E-state index in [0.29, 0.717) is 6.17 Å². The molecule has 5 rings (SSSR count). The van der Waals surface area contributed by atoms with Gasteiger partial charge in [-0.25, -0.2) is 0 Å². The Bertz CT molecular complexity index is 545. The molecule has 0 saturated carbocycles. The van der Waals surface area contributed by atoms with E-state index in [-0.39, 0.29) is 16.9 Å². The molecule has 0 aliphatic carbocycles. The van der Waals surface area contributed by atoms with Crippen LogP contribution in [-0.2, 0) is 0 Å². The molecule has 0 radical (unpaired) electrons. The smallest absolute Gasteiger partial charge is 0.240 e.